The van der Waals surface area contributed by atoms with Crippen LogP contribution in [0.5, 0.6) is 0 Å². The molecule has 0 aromatic heterocycles. The molecule has 2 rings (SSSR count). The van der Waals surface area contributed by atoms with Crippen molar-refractivity contribution >= 4 is 57.1 Å². The quantitative estimate of drug-likeness (QED) is 0.286. The maximum Gasteiger partial charge on any atom is 0.339 e. The van der Waals surface area contributed by atoms with Gasteiger partial charge in [0.15, 0.2) is 0 Å². The number of halogens is 2. The molecule has 24 heavy (non-hydrogen) atoms. The summed E-state index contributed by atoms with van der Waals surface area (Å²) in [6, 6.07) is 14.6. The Hall–Kier alpha value is -1.16. The van der Waals surface area contributed by atoms with Gasteiger partial charge in [-0.3, -0.25) is 0 Å². The Bertz CT molecular complexity index is 654. The Kier molecular flexibility index (Phi) is 7.97. The number of esters is 2. The van der Waals surface area contributed by atoms with Crippen LogP contribution in [0.25, 0.3) is 0 Å². The molecule has 0 aliphatic heterocycles. The van der Waals surface area contributed by atoms with E-state index in [1.165, 1.54) is 0 Å². The molecule has 0 amide bonds. The predicted octanol–water partition coefficient (Wildman–Crippen LogP) is 4.69. The van der Waals surface area contributed by atoms with Crippen molar-refractivity contribution in [3.63, 3.8) is 0 Å². The van der Waals surface area contributed by atoms with E-state index in [2.05, 4.69) is 45.2 Å². The molecule has 0 aliphatic carbocycles. The van der Waals surface area contributed by atoms with Crippen LogP contribution in [0, 0.1) is 7.14 Å². The fourth-order valence-electron chi connectivity index (χ4n) is 1.94. The SMILES string of the molecule is O=C(OCCCCOC(=O)c1ccccc1I)c1ccccc1I. The molecule has 0 atom stereocenters. The average molecular weight is 550 g/mol. The molecule has 4 nitrogen and oxygen atoms in total. The first-order valence-corrected chi connectivity index (χ1v) is 9.58. The van der Waals surface area contributed by atoms with E-state index in [0.29, 0.717) is 37.2 Å². The van der Waals surface area contributed by atoms with Gasteiger partial charge in [0, 0.05) is 7.14 Å². The summed E-state index contributed by atoms with van der Waals surface area (Å²) in [6.07, 6.45) is 1.29. The van der Waals surface area contributed by atoms with Crippen molar-refractivity contribution < 1.29 is 19.1 Å². The second-order valence-electron chi connectivity index (χ2n) is 4.94. The molecule has 0 radical (unpaired) electrons. The summed E-state index contributed by atoms with van der Waals surface area (Å²) < 4.78 is 12.2. The number of carbonyl (C=O) groups is 2. The highest BCUT2D eigenvalue weighted by Gasteiger charge is 2.11. The molecule has 126 valence electrons. The smallest absolute Gasteiger partial charge is 0.339 e. The second-order valence-corrected chi connectivity index (χ2v) is 7.26. The minimum atomic E-state index is -0.323. The first-order valence-electron chi connectivity index (χ1n) is 7.43. The van der Waals surface area contributed by atoms with Gasteiger partial charge >= 0.3 is 11.9 Å². The van der Waals surface area contributed by atoms with Crippen LogP contribution < -0.4 is 0 Å². The first kappa shape index (κ1) is 19.2. The summed E-state index contributed by atoms with van der Waals surface area (Å²) in [5.74, 6) is -0.647. The zero-order chi connectivity index (χ0) is 17.4. The average Bonchev–Trinajstić information content (AvgIpc) is 2.58. The number of hydrogen-bond acceptors (Lipinski definition) is 4. The van der Waals surface area contributed by atoms with Crippen LogP contribution in [-0.2, 0) is 9.47 Å². The van der Waals surface area contributed by atoms with Gasteiger partial charge in [0.25, 0.3) is 0 Å². The number of benzene rings is 2. The molecule has 0 unspecified atom stereocenters. The van der Waals surface area contributed by atoms with E-state index in [4.69, 9.17) is 9.47 Å². The zero-order valence-corrected chi connectivity index (χ0v) is 17.2. The molecular weight excluding hydrogens is 534 g/mol. The summed E-state index contributed by atoms with van der Waals surface area (Å²) >= 11 is 4.21. The van der Waals surface area contributed by atoms with E-state index in [-0.39, 0.29) is 11.9 Å². The van der Waals surface area contributed by atoms with E-state index >= 15 is 0 Å². The molecule has 2 aromatic carbocycles. The number of hydrogen-bond donors (Lipinski definition) is 0. The van der Waals surface area contributed by atoms with Gasteiger partial charge in [0.1, 0.15) is 0 Å². The number of rotatable bonds is 7. The van der Waals surface area contributed by atoms with Gasteiger partial charge in [-0.25, -0.2) is 9.59 Å². The summed E-state index contributed by atoms with van der Waals surface area (Å²) in [5, 5.41) is 0. The monoisotopic (exact) mass is 550 g/mol. The largest absolute Gasteiger partial charge is 0.462 e. The van der Waals surface area contributed by atoms with Gasteiger partial charge in [-0.15, -0.1) is 0 Å². The number of carbonyl (C=O) groups excluding carboxylic acids is 2. The molecule has 0 bridgehead atoms. The predicted molar refractivity (Wildman–Crippen MR) is 108 cm³/mol. The fourth-order valence-corrected chi connectivity index (χ4v) is 3.16. The van der Waals surface area contributed by atoms with Crippen molar-refractivity contribution in [3.05, 3.63) is 66.8 Å². The van der Waals surface area contributed by atoms with Gasteiger partial charge in [0.2, 0.25) is 0 Å². The summed E-state index contributed by atoms with van der Waals surface area (Å²) in [7, 11) is 0. The molecule has 0 fully saturated rings. The Morgan fingerprint density at radius 2 is 1.08 bits per heavy atom. The summed E-state index contributed by atoms with van der Waals surface area (Å²) in [6.45, 7) is 0.620. The van der Waals surface area contributed by atoms with Crippen LogP contribution in [0.15, 0.2) is 48.5 Å². The molecule has 0 saturated carbocycles. The van der Waals surface area contributed by atoms with Crippen molar-refractivity contribution in [2.24, 2.45) is 0 Å². The fraction of sp³-hybridized carbons (Fsp3) is 0.222. The van der Waals surface area contributed by atoms with Crippen molar-refractivity contribution in [2.75, 3.05) is 13.2 Å². The summed E-state index contributed by atoms with van der Waals surface area (Å²) in [5.41, 5.74) is 1.14. The Morgan fingerprint density at radius 1 is 0.708 bits per heavy atom. The van der Waals surface area contributed by atoms with Gasteiger partial charge in [-0.05, 0) is 82.3 Å². The molecular formula is C18H16I2O4. The lowest BCUT2D eigenvalue weighted by molar-refractivity contribution is 0.0431. The third-order valence-corrected chi connectivity index (χ3v) is 5.07. The van der Waals surface area contributed by atoms with Crippen LogP contribution >= 0.6 is 45.2 Å². The highest BCUT2D eigenvalue weighted by molar-refractivity contribution is 14.1. The Morgan fingerprint density at radius 3 is 1.46 bits per heavy atom. The molecule has 0 saturated heterocycles. The Labute approximate surface area is 168 Å². The van der Waals surface area contributed by atoms with E-state index in [1.54, 1.807) is 12.1 Å². The minimum absolute atomic E-state index is 0.310. The number of ether oxygens (including phenoxy) is 2. The van der Waals surface area contributed by atoms with Crippen LogP contribution in [0.2, 0.25) is 0 Å². The third-order valence-electron chi connectivity index (χ3n) is 3.19. The highest BCUT2D eigenvalue weighted by atomic mass is 127. The van der Waals surface area contributed by atoms with E-state index < -0.39 is 0 Å². The molecule has 0 spiro atoms. The van der Waals surface area contributed by atoms with Crippen LogP contribution in [-0.4, -0.2) is 25.2 Å². The summed E-state index contributed by atoms with van der Waals surface area (Å²) in [4.78, 5) is 23.8. The van der Waals surface area contributed by atoms with E-state index in [0.717, 1.165) is 7.14 Å². The minimum Gasteiger partial charge on any atom is -0.462 e. The lowest BCUT2D eigenvalue weighted by Crippen LogP contribution is -2.10. The van der Waals surface area contributed by atoms with Crippen LogP contribution in [0.4, 0.5) is 0 Å². The third kappa shape index (κ3) is 5.73. The number of unbranched alkanes of at least 4 members (excludes halogenated alkanes) is 1. The van der Waals surface area contributed by atoms with Gasteiger partial charge in [0.05, 0.1) is 24.3 Å². The van der Waals surface area contributed by atoms with Crippen molar-refractivity contribution in [2.45, 2.75) is 12.8 Å². The highest BCUT2D eigenvalue weighted by Crippen LogP contribution is 2.14. The zero-order valence-electron chi connectivity index (χ0n) is 12.8. The normalized spacial score (nSPS) is 10.2. The van der Waals surface area contributed by atoms with Gasteiger partial charge < -0.3 is 9.47 Å². The lowest BCUT2D eigenvalue weighted by atomic mass is 10.2. The maximum absolute atomic E-state index is 11.9. The standard InChI is InChI=1S/C18H16I2O4/c19-15-9-3-1-7-13(15)17(21)23-11-5-6-12-24-18(22)14-8-2-4-10-16(14)20/h1-4,7-10H,5-6,11-12H2. The van der Waals surface area contributed by atoms with E-state index in [9.17, 15) is 9.59 Å². The molecule has 6 heteroatoms. The first-order chi connectivity index (χ1) is 11.6. The van der Waals surface area contributed by atoms with Gasteiger partial charge in [-0.2, -0.15) is 0 Å². The van der Waals surface area contributed by atoms with Crippen molar-refractivity contribution in [1.82, 2.24) is 0 Å². The Balaban J connectivity index is 1.65. The van der Waals surface area contributed by atoms with Crippen LogP contribution in [0.1, 0.15) is 33.6 Å². The van der Waals surface area contributed by atoms with E-state index in [1.807, 2.05) is 36.4 Å². The molecule has 0 heterocycles. The molecule has 2 aromatic rings. The van der Waals surface area contributed by atoms with Crippen LogP contribution in [0.3, 0.4) is 0 Å². The maximum atomic E-state index is 11.9. The van der Waals surface area contributed by atoms with Crippen molar-refractivity contribution in [1.29, 1.82) is 0 Å². The second kappa shape index (κ2) is 9.97. The van der Waals surface area contributed by atoms with Gasteiger partial charge in [-0.1, -0.05) is 24.3 Å². The lowest BCUT2D eigenvalue weighted by Gasteiger charge is -2.08. The molecule has 0 N–H and O–H groups in total. The topological polar surface area (TPSA) is 52.6 Å². The van der Waals surface area contributed by atoms with Crippen molar-refractivity contribution in [3.8, 4) is 0 Å². The molecule has 0 aliphatic rings.